The number of nitrogens with zero attached hydrogens (tertiary/aromatic N) is 3. The lowest BCUT2D eigenvalue weighted by Gasteiger charge is -2.44. The first-order chi connectivity index (χ1) is 18.4. The van der Waals surface area contributed by atoms with Crippen molar-refractivity contribution in [2.24, 2.45) is 5.41 Å². The van der Waals surface area contributed by atoms with Crippen LogP contribution in [-0.4, -0.2) is 43.1 Å². The van der Waals surface area contributed by atoms with Gasteiger partial charge in [0.2, 0.25) is 0 Å². The molecule has 3 unspecified atom stereocenters. The fourth-order valence-electron chi connectivity index (χ4n) is 4.67. The van der Waals surface area contributed by atoms with Gasteiger partial charge in [-0.1, -0.05) is 19.9 Å². The quantitative estimate of drug-likeness (QED) is 0.528. The van der Waals surface area contributed by atoms with E-state index in [4.69, 9.17) is 20.5 Å². The monoisotopic (exact) mass is 495 g/mol. The largest absolute Gasteiger partial charge is 0.479 e. The molecule has 3 heterocycles. The second-order valence-electron chi connectivity index (χ2n) is 10.9. The highest BCUT2D eigenvalue weighted by atomic mass is 16.5. The number of ether oxygens (including phenoxy) is 1. The number of imidazole rings is 1. The number of amides is 1. The van der Waals surface area contributed by atoms with Crippen LogP contribution in [0.5, 0.6) is 0 Å². The molecular formula is C27H33N5O4. The molecule has 0 saturated carbocycles. The molecule has 3 N–H and O–H groups in total. The molecule has 190 valence electrons. The van der Waals surface area contributed by atoms with Gasteiger partial charge in [-0.3, -0.25) is 9.78 Å². The van der Waals surface area contributed by atoms with Crippen molar-refractivity contribution in [2.75, 3.05) is 5.32 Å². The van der Waals surface area contributed by atoms with Gasteiger partial charge in [0, 0.05) is 15.7 Å². The maximum Gasteiger partial charge on any atom is 0.335 e. The van der Waals surface area contributed by atoms with E-state index in [0.29, 0.717) is 12.1 Å². The van der Waals surface area contributed by atoms with E-state index >= 15 is 0 Å². The Balaban J connectivity index is 1.86. The first-order valence-corrected chi connectivity index (χ1v) is 11.7. The molecule has 1 amide bonds. The molecule has 2 aliphatic rings. The predicted octanol–water partition coefficient (Wildman–Crippen LogP) is 5.04. The van der Waals surface area contributed by atoms with Crippen molar-refractivity contribution in [3.63, 3.8) is 0 Å². The van der Waals surface area contributed by atoms with E-state index in [2.05, 4.69) is 15.3 Å². The lowest BCUT2D eigenvalue weighted by molar-refractivity contribution is -0.200. The van der Waals surface area contributed by atoms with Crippen LogP contribution in [0.4, 0.5) is 5.69 Å². The Morgan fingerprint density at radius 1 is 1.31 bits per heavy atom. The van der Waals surface area contributed by atoms with Crippen molar-refractivity contribution >= 4 is 23.1 Å². The second kappa shape index (κ2) is 9.17. The summed E-state index contributed by atoms with van der Waals surface area (Å²) in [5, 5.41) is 21.6. The summed E-state index contributed by atoms with van der Waals surface area (Å²) in [4.78, 5) is 36.3. The van der Waals surface area contributed by atoms with Crippen LogP contribution in [0.1, 0.15) is 106 Å². The van der Waals surface area contributed by atoms with Crippen molar-refractivity contribution in [2.45, 2.75) is 83.8 Å². The van der Waals surface area contributed by atoms with Gasteiger partial charge >= 0.3 is 5.97 Å². The zero-order valence-corrected chi connectivity index (χ0v) is 21.0. The van der Waals surface area contributed by atoms with Gasteiger partial charge in [-0.2, -0.15) is 5.26 Å². The Morgan fingerprint density at radius 3 is 2.72 bits per heavy atom. The number of nitrogens with one attached hydrogen (secondary N) is 2. The van der Waals surface area contributed by atoms with Gasteiger partial charge in [0.05, 0.1) is 24.5 Å². The molecule has 0 spiro atoms. The number of carbonyl (C=O) groups is 2. The molecule has 0 radical (unpaired) electrons. The maximum absolute atomic E-state index is 13.0. The Morgan fingerprint density at radius 2 is 2.06 bits per heavy atom. The number of pyridine rings is 1. The van der Waals surface area contributed by atoms with Crippen molar-refractivity contribution in [1.29, 1.82) is 5.26 Å². The smallest absolute Gasteiger partial charge is 0.335 e. The summed E-state index contributed by atoms with van der Waals surface area (Å²) >= 11 is 0. The molecule has 2 aromatic rings. The standard InChI is InChI=1S/C27H33N5O4/c1-25(2)10-8-16(9-11-25)21-20(32-23(33)22-29-15-18(14-28)30-22)7-6-19(31-21)17-12-26(3,4)36-27(5,13-17)24(34)35/h6-8,15,17H,9-13H2,1-5H3,(H,29,30)(H,32,33)(H,34,35)/i8D,9D2,11D. The third-order valence-electron chi connectivity index (χ3n) is 6.39. The van der Waals surface area contributed by atoms with Gasteiger partial charge in [-0.05, 0) is 75.9 Å². The van der Waals surface area contributed by atoms with E-state index in [1.54, 1.807) is 39.8 Å². The summed E-state index contributed by atoms with van der Waals surface area (Å²) in [6.45, 7) is 8.58. The Kier molecular flexibility index (Phi) is 5.26. The third-order valence-corrected chi connectivity index (χ3v) is 6.39. The minimum atomic E-state index is -2.28. The van der Waals surface area contributed by atoms with Crippen LogP contribution >= 0.6 is 0 Å². The van der Waals surface area contributed by atoms with Gasteiger partial charge in [0.25, 0.3) is 5.91 Å². The van der Waals surface area contributed by atoms with Crippen molar-refractivity contribution in [3.8, 4) is 6.07 Å². The van der Waals surface area contributed by atoms with E-state index in [0.717, 1.165) is 0 Å². The van der Waals surface area contributed by atoms with Crippen LogP contribution in [0, 0.1) is 16.7 Å². The van der Waals surface area contributed by atoms with E-state index in [-0.39, 0.29) is 53.3 Å². The topological polar surface area (TPSA) is 141 Å². The number of hydrogen-bond acceptors (Lipinski definition) is 6. The molecule has 0 aromatic carbocycles. The molecule has 9 nitrogen and oxygen atoms in total. The normalized spacial score (nSPS) is 30.2. The molecule has 3 atom stereocenters. The van der Waals surface area contributed by atoms with Crippen molar-refractivity contribution < 1.29 is 24.9 Å². The minimum Gasteiger partial charge on any atom is -0.479 e. The molecule has 2 aromatic heterocycles. The number of anilines is 1. The number of carbonyl (C=O) groups excluding carboxylic acids is 1. The molecule has 1 saturated heterocycles. The lowest BCUT2D eigenvalue weighted by Crippen LogP contribution is -2.51. The zero-order chi connectivity index (χ0) is 29.8. The predicted molar refractivity (Wildman–Crippen MR) is 134 cm³/mol. The summed E-state index contributed by atoms with van der Waals surface area (Å²) in [6.07, 6.45) is -1.63. The number of H-pyrrole nitrogens is 1. The SMILES string of the molecule is [2H]C1=C(c2nc(C3CC(C)(C)OC(C)(C(=O)O)C3)ccc2NC(=O)c2ncc(C#N)[nH]2)C([2H])([2H])C([2H])C(C)(C)C1. The molecular weight excluding hydrogens is 458 g/mol. The van der Waals surface area contributed by atoms with Crippen molar-refractivity contribution in [1.82, 2.24) is 15.0 Å². The molecule has 1 aliphatic heterocycles. The fourth-order valence-corrected chi connectivity index (χ4v) is 4.67. The Labute approximate surface area is 216 Å². The van der Waals surface area contributed by atoms with Gasteiger partial charge in [0.1, 0.15) is 11.8 Å². The molecule has 0 bridgehead atoms. The van der Waals surface area contributed by atoms with Gasteiger partial charge in [-0.25, -0.2) is 9.78 Å². The van der Waals surface area contributed by atoms with E-state index < -0.39 is 41.3 Å². The van der Waals surface area contributed by atoms with Crippen LogP contribution < -0.4 is 5.32 Å². The van der Waals surface area contributed by atoms with Gasteiger partial charge < -0.3 is 20.1 Å². The van der Waals surface area contributed by atoms with Crippen LogP contribution in [0.2, 0.25) is 0 Å². The number of rotatable bonds is 5. The number of aromatic nitrogens is 3. The number of hydrogen-bond donors (Lipinski definition) is 3. The highest BCUT2D eigenvalue weighted by Gasteiger charge is 2.48. The highest BCUT2D eigenvalue weighted by Crippen LogP contribution is 2.45. The number of aromatic amines is 1. The molecule has 9 heteroatoms. The zero-order valence-electron chi connectivity index (χ0n) is 25.0. The number of aliphatic carboxylic acids is 1. The summed E-state index contributed by atoms with van der Waals surface area (Å²) in [6, 6.07) is 5.00. The lowest BCUT2D eigenvalue weighted by atomic mass is 9.77. The number of nitriles is 1. The Bertz CT molecular complexity index is 1440. The van der Waals surface area contributed by atoms with E-state index in [9.17, 15) is 14.7 Å². The number of carboxylic acid groups (broad SMARTS) is 1. The summed E-state index contributed by atoms with van der Waals surface area (Å²) < 4.78 is 41.1. The van der Waals surface area contributed by atoms with Crippen LogP contribution in [0.25, 0.3) is 5.57 Å². The highest BCUT2D eigenvalue weighted by molar-refractivity contribution is 6.03. The van der Waals surface area contributed by atoms with Gasteiger partial charge in [0.15, 0.2) is 11.4 Å². The average molecular weight is 496 g/mol. The van der Waals surface area contributed by atoms with Crippen LogP contribution in [-0.2, 0) is 9.53 Å². The van der Waals surface area contributed by atoms with Crippen LogP contribution in [0.15, 0.2) is 24.4 Å². The number of allylic oxidation sites excluding steroid dienone is 2. The van der Waals surface area contributed by atoms with E-state index in [1.807, 2.05) is 6.07 Å². The van der Waals surface area contributed by atoms with Crippen LogP contribution in [0.3, 0.4) is 0 Å². The maximum atomic E-state index is 13.0. The second-order valence-corrected chi connectivity index (χ2v) is 10.9. The summed E-state index contributed by atoms with van der Waals surface area (Å²) in [7, 11) is 0. The first-order valence-electron chi connectivity index (χ1n) is 13.8. The first kappa shape index (κ1) is 20.7. The Hall–Kier alpha value is -3.51. The van der Waals surface area contributed by atoms with Crippen molar-refractivity contribution in [3.05, 3.63) is 47.3 Å². The summed E-state index contributed by atoms with van der Waals surface area (Å²) in [5.41, 5.74) is -2.54. The minimum absolute atomic E-state index is 0.00184. The molecule has 1 fully saturated rings. The summed E-state index contributed by atoms with van der Waals surface area (Å²) in [5.74, 6) is -2.33. The average Bonchev–Trinajstić information content (AvgIpc) is 3.31. The third kappa shape index (κ3) is 5.34. The molecule has 1 aliphatic carbocycles. The fraction of sp³-hybridized carbons (Fsp3) is 0.519. The molecule has 36 heavy (non-hydrogen) atoms. The van der Waals surface area contributed by atoms with Gasteiger partial charge in [-0.15, -0.1) is 0 Å². The van der Waals surface area contributed by atoms with E-state index in [1.165, 1.54) is 13.1 Å². The number of carboxylic acids is 1. The molecule has 4 rings (SSSR count).